The molecular weight excluding hydrogens is 260 g/mol. The van der Waals surface area contributed by atoms with Crippen LogP contribution in [0.4, 0.5) is 0 Å². The van der Waals surface area contributed by atoms with Crippen LogP contribution in [0.2, 0.25) is 0 Å². The number of ether oxygens (including phenoxy) is 1. The molecule has 0 aliphatic carbocycles. The van der Waals surface area contributed by atoms with Crippen molar-refractivity contribution < 1.29 is 4.74 Å². The molecule has 3 heteroatoms. The molecule has 0 radical (unpaired) electrons. The molecule has 0 amide bonds. The maximum absolute atomic E-state index is 5.34. The van der Waals surface area contributed by atoms with Gasteiger partial charge in [-0.2, -0.15) is 0 Å². The van der Waals surface area contributed by atoms with Gasteiger partial charge in [0.2, 0.25) is 0 Å². The maximum Gasteiger partial charge on any atom is 0.137 e. The van der Waals surface area contributed by atoms with Crippen LogP contribution in [0.25, 0.3) is 10.1 Å². The van der Waals surface area contributed by atoms with Crippen LogP contribution in [-0.2, 0) is 5.33 Å². The Kier molecular flexibility index (Phi) is 2.79. The number of hydrogen-bond acceptors (Lipinski definition) is 2. The Bertz CT molecular complexity index is 462. The Hall–Kier alpha value is -0.540. The average Bonchev–Trinajstić information content (AvgIpc) is 2.62. The number of methoxy groups -OCH3 is 1. The van der Waals surface area contributed by atoms with Crippen molar-refractivity contribution >= 4 is 37.4 Å². The van der Waals surface area contributed by atoms with Crippen molar-refractivity contribution in [1.82, 2.24) is 0 Å². The predicted molar refractivity (Wildman–Crippen MR) is 65.7 cm³/mol. The first kappa shape index (κ1) is 9.99. The van der Waals surface area contributed by atoms with E-state index in [2.05, 4.69) is 40.4 Å². The second-order valence-electron chi connectivity index (χ2n) is 3.16. The Morgan fingerprint density at radius 1 is 1.43 bits per heavy atom. The third-order valence-electron chi connectivity index (χ3n) is 2.44. The van der Waals surface area contributed by atoms with Gasteiger partial charge in [-0.3, -0.25) is 0 Å². The van der Waals surface area contributed by atoms with Crippen molar-refractivity contribution in [3.63, 3.8) is 0 Å². The third kappa shape index (κ3) is 1.44. The molecule has 1 heterocycles. The van der Waals surface area contributed by atoms with Crippen LogP contribution < -0.4 is 4.74 Å². The highest BCUT2D eigenvalue weighted by Crippen LogP contribution is 2.36. The van der Waals surface area contributed by atoms with Gasteiger partial charge < -0.3 is 4.74 Å². The van der Waals surface area contributed by atoms with Crippen LogP contribution in [0.15, 0.2) is 17.5 Å². The van der Waals surface area contributed by atoms with Crippen LogP contribution in [0, 0.1) is 6.92 Å². The normalized spacial score (nSPS) is 10.8. The average molecular weight is 271 g/mol. The van der Waals surface area contributed by atoms with Gasteiger partial charge >= 0.3 is 0 Å². The van der Waals surface area contributed by atoms with Gasteiger partial charge in [0.15, 0.2) is 0 Å². The zero-order chi connectivity index (χ0) is 10.1. The molecular formula is C11H11BrOS. The quantitative estimate of drug-likeness (QED) is 0.747. The van der Waals surface area contributed by atoms with Crippen molar-refractivity contribution in [2.45, 2.75) is 12.3 Å². The monoisotopic (exact) mass is 270 g/mol. The molecule has 14 heavy (non-hydrogen) atoms. The Morgan fingerprint density at radius 2 is 2.21 bits per heavy atom. The fourth-order valence-corrected chi connectivity index (χ4v) is 3.18. The first-order valence-corrected chi connectivity index (χ1v) is 6.37. The molecule has 0 unspecified atom stereocenters. The number of benzene rings is 1. The summed E-state index contributed by atoms with van der Waals surface area (Å²) in [4.78, 5) is 0. The molecule has 0 N–H and O–H groups in total. The van der Waals surface area contributed by atoms with Crippen LogP contribution in [0.3, 0.4) is 0 Å². The van der Waals surface area contributed by atoms with E-state index in [1.54, 1.807) is 18.4 Å². The highest BCUT2D eigenvalue weighted by Gasteiger charge is 2.09. The van der Waals surface area contributed by atoms with E-state index in [1.165, 1.54) is 21.2 Å². The smallest absolute Gasteiger partial charge is 0.137 e. The molecule has 2 aromatic rings. The molecule has 0 saturated carbocycles. The zero-order valence-corrected chi connectivity index (χ0v) is 10.5. The summed E-state index contributed by atoms with van der Waals surface area (Å²) in [7, 11) is 1.72. The minimum absolute atomic E-state index is 0.897. The molecule has 0 bridgehead atoms. The van der Waals surface area contributed by atoms with Crippen LogP contribution in [-0.4, -0.2) is 7.11 Å². The topological polar surface area (TPSA) is 9.23 Å². The summed E-state index contributed by atoms with van der Waals surface area (Å²) in [5, 5.41) is 4.22. The molecule has 0 atom stereocenters. The Balaban J connectivity index is 2.77. The largest absolute Gasteiger partial charge is 0.495 e. The first-order valence-electron chi connectivity index (χ1n) is 4.37. The van der Waals surface area contributed by atoms with E-state index < -0.39 is 0 Å². The molecule has 2 rings (SSSR count). The summed E-state index contributed by atoms with van der Waals surface area (Å²) in [6.07, 6.45) is 0. The van der Waals surface area contributed by atoms with Crippen LogP contribution >= 0.6 is 27.3 Å². The predicted octanol–water partition coefficient (Wildman–Crippen LogP) is 4.11. The van der Waals surface area contributed by atoms with Crippen molar-refractivity contribution in [1.29, 1.82) is 0 Å². The van der Waals surface area contributed by atoms with Crippen molar-refractivity contribution in [2.24, 2.45) is 0 Å². The van der Waals surface area contributed by atoms with Crippen molar-refractivity contribution in [3.8, 4) is 5.75 Å². The van der Waals surface area contributed by atoms with Gasteiger partial charge in [-0.25, -0.2) is 0 Å². The second-order valence-corrected chi connectivity index (χ2v) is 4.63. The van der Waals surface area contributed by atoms with Gasteiger partial charge in [-0.05, 0) is 24.1 Å². The van der Waals surface area contributed by atoms with Gasteiger partial charge in [-0.1, -0.05) is 22.0 Å². The van der Waals surface area contributed by atoms with E-state index >= 15 is 0 Å². The fourth-order valence-electron chi connectivity index (χ4n) is 1.61. The maximum atomic E-state index is 5.34. The molecule has 0 aliphatic heterocycles. The highest BCUT2D eigenvalue weighted by atomic mass is 79.9. The van der Waals surface area contributed by atoms with E-state index in [9.17, 15) is 0 Å². The molecule has 0 saturated heterocycles. The molecule has 74 valence electrons. The van der Waals surface area contributed by atoms with E-state index in [1.807, 2.05) is 0 Å². The van der Waals surface area contributed by atoms with Crippen LogP contribution in [0.5, 0.6) is 5.75 Å². The summed E-state index contributed by atoms with van der Waals surface area (Å²) < 4.78 is 6.64. The van der Waals surface area contributed by atoms with Gasteiger partial charge in [0.25, 0.3) is 0 Å². The summed E-state index contributed by atoms with van der Waals surface area (Å²) in [6.45, 7) is 2.15. The van der Waals surface area contributed by atoms with E-state index in [0.29, 0.717) is 0 Å². The van der Waals surface area contributed by atoms with Crippen molar-refractivity contribution in [2.75, 3.05) is 7.11 Å². The summed E-state index contributed by atoms with van der Waals surface area (Å²) in [5.41, 5.74) is 2.65. The van der Waals surface area contributed by atoms with Gasteiger partial charge in [-0.15, -0.1) is 11.3 Å². The summed E-state index contributed by atoms with van der Waals surface area (Å²) in [6, 6.07) is 4.33. The SMILES string of the molecule is COc1csc2ccc(CBr)c(C)c12. The molecule has 0 aliphatic rings. The minimum Gasteiger partial charge on any atom is -0.495 e. The number of halogens is 1. The summed E-state index contributed by atoms with van der Waals surface area (Å²) >= 11 is 5.22. The van der Waals surface area contributed by atoms with Crippen molar-refractivity contribution in [3.05, 3.63) is 28.6 Å². The minimum atomic E-state index is 0.897. The molecule has 0 fully saturated rings. The Labute approximate surface area is 95.8 Å². The molecule has 1 aromatic heterocycles. The van der Waals surface area contributed by atoms with Gasteiger partial charge in [0.1, 0.15) is 5.75 Å². The lowest BCUT2D eigenvalue weighted by atomic mass is 10.1. The number of alkyl halides is 1. The second kappa shape index (κ2) is 3.91. The lowest BCUT2D eigenvalue weighted by Crippen LogP contribution is -1.87. The molecule has 0 spiro atoms. The third-order valence-corrected chi connectivity index (χ3v) is 3.97. The van der Waals surface area contributed by atoms with Gasteiger partial charge in [0.05, 0.1) is 7.11 Å². The first-order chi connectivity index (χ1) is 6.77. The zero-order valence-electron chi connectivity index (χ0n) is 8.13. The number of aryl methyl sites for hydroxylation is 1. The molecule has 1 aromatic carbocycles. The highest BCUT2D eigenvalue weighted by molar-refractivity contribution is 9.08. The van der Waals surface area contributed by atoms with E-state index in [0.717, 1.165) is 11.1 Å². The number of fused-ring (bicyclic) bond motifs is 1. The number of rotatable bonds is 2. The van der Waals surface area contributed by atoms with E-state index in [4.69, 9.17) is 4.74 Å². The fraction of sp³-hybridized carbons (Fsp3) is 0.273. The number of hydrogen-bond donors (Lipinski definition) is 0. The summed E-state index contributed by atoms with van der Waals surface area (Å²) in [5.74, 6) is 0.991. The van der Waals surface area contributed by atoms with Gasteiger partial charge in [0, 0.05) is 20.8 Å². The standard InChI is InChI=1S/C11H11BrOS/c1-7-8(5-12)3-4-10-11(7)9(13-2)6-14-10/h3-4,6H,5H2,1-2H3. The number of thiophene rings is 1. The lowest BCUT2D eigenvalue weighted by molar-refractivity contribution is 0.421. The van der Waals surface area contributed by atoms with Crippen LogP contribution in [0.1, 0.15) is 11.1 Å². The molecule has 1 nitrogen and oxygen atoms in total. The van der Waals surface area contributed by atoms with E-state index in [-0.39, 0.29) is 0 Å². The Morgan fingerprint density at radius 3 is 2.86 bits per heavy atom. The lowest BCUT2D eigenvalue weighted by Gasteiger charge is -2.05.